The van der Waals surface area contributed by atoms with Crippen LogP contribution in [0.1, 0.15) is 21.9 Å². The molecule has 0 radical (unpaired) electrons. The van der Waals surface area contributed by atoms with Gasteiger partial charge in [-0.05, 0) is 48.5 Å². The molecule has 6 heteroatoms. The third-order valence-corrected chi connectivity index (χ3v) is 5.41. The minimum absolute atomic E-state index is 0.0530. The zero-order valence-corrected chi connectivity index (χ0v) is 16.4. The van der Waals surface area contributed by atoms with Crippen LogP contribution in [0.2, 0.25) is 4.34 Å². The first-order valence-corrected chi connectivity index (χ1v) is 9.94. The average molecular weight is 410 g/mol. The van der Waals surface area contributed by atoms with E-state index in [9.17, 15) is 4.79 Å². The van der Waals surface area contributed by atoms with Crippen molar-refractivity contribution >= 4 is 28.7 Å². The standard InChI is InChI=1S/C22H16ClNO3S/c23-22-13-12-21(28-22)20(25)11-10-18-14-19(24-27-18)15-6-8-17(9-7-15)26-16-4-2-1-3-5-16/h1-9,12-14H,10-11H2. The van der Waals surface area contributed by atoms with E-state index in [1.54, 1.807) is 12.1 Å². The summed E-state index contributed by atoms with van der Waals surface area (Å²) in [5, 5.41) is 4.11. The number of nitrogens with zero attached hydrogens (tertiary/aromatic N) is 1. The fraction of sp³-hybridized carbons (Fsp3) is 0.0909. The van der Waals surface area contributed by atoms with Crippen LogP contribution in [-0.4, -0.2) is 10.9 Å². The Morgan fingerprint density at radius 1 is 1.00 bits per heavy atom. The molecule has 4 aromatic rings. The molecule has 0 saturated heterocycles. The molecule has 4 rings (SSSR count). The molecule has 0 unspecified atom stereocenters. The zero-order chi connectivity index (χ0) is 19.3. The van der Waals surface area contributed by atoms with E-state index in [1.807, 2.05) is 60.7 Å². The summed E-state index contributed by atoms with van der Waals surface area (Å²) in [4.78, 5) is 12.8. The number of ether oxygens (including phenoxy) is 1. The van der Waals surface area contributed by atoms with Crippen molar-refractivity contribution in [3.8, 4) is 22.8 Å². The summed E-state index contributed by atoms with van der Waals surface area (Å²) in [7, 11) is 0. The normalized spacial score (nSPS) is 10.8. The van der Waals surface area contributed by atoms with Crippen LogP contribution in [0.3, 0.4) is 0 Å². The third-order valence-electron chi connectivity index (χ3n) is 4.13. The van der Waals surface area contributed by atoms with Crippen LogP contribution in [0.25, 0.3) is 11.3 Å². The first-order valence-electron chi connectivity index (χ1n) is 8.75. The number of Topliss-reactive ketones (excluding diaryl/α,β-unsaturated/α-hetero) is 1. The molecule has 0 amide bonds. The lowest BCUT2D eigenvalue weighted by atomic mass is 10.1. The molecule has 0 aliphatic rings. The Balaban J connectivity index is 1.37. The van der Waals surface area contributed by atoms with Gasteiger partial charge >= 0.3 is 0 Å². The molecule has 0 bridgehead atoms. The van der Waals surface area contributed by atoms with Crippen LogP contribution in [0.5, 0.6) is 11.5 Å². The number of aromatic nitrogens is 1. The Morgan fingerprint density at radius 2 is 1.75 bits per heavy atom. The predicted octanol–water partition coefficient (Wildman–Crippen LogP) is 6.66. The second-order valence-electron chi connectivity index (χ2n) is 6.14. The molecular weight excluding hydrogens is 394 g/mol. The number of halogens is 1. The van der Waals surface area contributed by atoms with Gasteiger partial charge in [-0.1, -0.05) is 35.0 Å². The van der Waals surface area contributed by atoms with Crippen LogP contribution in [0.15, 0.2) is 77.3 Å². The summed E-state index contributed by atoms with van der Waals surface area (Å²) in [5.41, 5.74) is 1.65. The molecule has 0 aliphatic heterocycles. The minimum Gasteiger partial charge on any atom is -0.457 e. The summed E-state index contributed by atoms with van der Waals surface area (Å²) in [6, 6.07) is 22.6. The molecule has 0 N–H and O–H groups in total. The number of hydrogen-bond acceptors (Lipinski definition) is 5. The average Bonchev–Trinajstić information content (AvgIpc) is 3.37. The molecule has 0 fully saturated rings. The number of thiophene rings is 1. The number of rotatable bonds is 7. The topological polar surface area (TPSA) is 52.3 Å². The van der Waals surface area contributed by atoms with Gasteiger partial charge in [-0.3, -0.25) is 4.79 Å². The molecule has 2 aromatic carbocycles. The number of carbonyl (C=O) groups is 1. The predicted molar refractivity (Wildman–Crippen MR) is 110 cm³/mol. The first-order chi connectivity index (χ1) is 13.7. The van der Waals surface area contributed by atoms with Gasteiger partial charge in [0.2, 0.25) is 0 Å². The van der Waals surface area contributed by atoms with Crippen molar-refractivity contribution in [1.29, 1.82) is 0 Å². The summed E-state index contributed by atoms with van der Waals surface area (Å²) >= 11 is 7.17. The van der Waals surface area contributed by atoms with Crippen molar-refractivity contribution in [3.63, 3.8) is 0 Å². The van der Waals surface area contributed by atoms with Crippen molar-refractivity contribution < 1.29 is 14.1 Å². The summed E-state index contributed by atoms with van der Waals surface area (Å²) < 4.78 is 11.8. The lowest BCUT2D eigenvalue weighted by Gasteiger charge is -2.05. The number of aryl methyl sites for hydroxylation is 1. The Labute approximate surface area is 171 Å². The largest absolute Gasteiger partial charge is 0.457 e. The molecule has 2 heterocycles. The summed E-state index contributed by atoms with van der Waals surface area (Å²) in [6.07, 6.45) is 0.853. The maximum absolute atomic E-state index is 12.2. The van der Waals surface area contributed by atoms with Crippen molar-refractivity contribution in [3.05, 3.63) is 87.8 Å². The number of carbonyl (C=O) groups excluding carboxylic acids is 1. The third kappa shape index (κ3) is 4.50. The van der Waals surface area contributed by atoms with Crippen LogP contribution < -0.4 is 4.74 Å². The number of benzene rings is 2. The Kier molecular flexibility index (Phi) is 5.55. The molecule has 0 saturated carbocycles. The van der Waals surface area contributed by atoms with Gasteiger partial charge in [-0.25, -0.2) is 0 Å². The SMILES string of the molecule is O=C(CCc1cc(-c2ccc(Oc3ccccc3)cc2)no1)c1ccc(Cl)s1. The molecule has 2 aromatic heterocycles. The van der Waals surface area contributed by atoms with Gasteiger partial charge in [0, 0.05) is 24.5 Å². The van der Waals surface area contributed by atoms with Gasteiger partial charge in [0.25, 0.3) is 0 Å². The van der Waals surface area contributed by atoms with Crippen molar-refractivity contribution in [1.82, 2.24) is 5.16 Å². The van der Waals surface area contributed by atoms with Crippen molar-refractivity contribution in [2.24, 2.45) is 0 Å². The summed E-state index contributed by atoms with van der Waals surface area (Å²) in [5.74, 6) is 2.27. The maximum atomic E-state index is 12.2. The Morgan fingerprint density at radius 3 is 2.46 bits per heavy atom. The lowest BCUT2D eigenvalue weighted by Crippen LogP contribution is -1.97. The van der Waals surface area contributed by atoms with E-state index in [-0.39, 0.29) is 5.78 Å². The fourth-order valence-corrected chi connectivity index (χ4v) is 3.72. The van der Waals surface area contributed by atoms with Crippen LogP contribution in [-0.2, 0) is 6.42 Å². The van der Waals surface area contributed by atoms with Gasteiger partial charge in [0.1, 0.15) is 23.0 Å². The van der Waals surface area contributed by atoms with Gasteiger partial charge in [-0.15, -0.1) is 11.3 Å². The van der Waals surface area contributed by atoms with Gasteiger partial charge < -0.3 is 9.26 Å². The highest BCUT2D eigenvalue weighted by Gasteiger charge is 2.12. The van der Waals surface area contributed by atoms with E-state index in [1.165, 1.54) is 11.3 Å². The number of para-hydroxylation sites is 1. The molecule has 0 spiro atoms. The second kappa shape index (κ2) is 8.42. The highest BCUT2D eigenvalue weighted by atomic mass is 35.5. The fourth-order valence-electron chi connectivity index (χ4n) is 2.71. The van der Waals surface area contributed by atoms with E-state index in [0.717, 1.165) is 22.8 Å². The van der Waals surface area contributed by atoms with E-state index >= 15 is 0 Å². The molecule has 0 aliphatic carbocycles. The van der Waals surface area contributed by atoms with Crippen LogP contribution in [0.4, 0.5) is 0 Å². The van der Waals surface area contributed by atoms with Gasteiger partial charge in [0.05, 0.1) is 9.21 Å². The zero-order valence-electron chi connectivity index (χ0n) is 14.8. The first kappa shape index (κ1) is 18.5. The maximum Gasteiger partial charge on any atom is 0.173 e. The minimum atomic E-state index is 0.0530. The second-order valence-corrected chi connectivity index (χ2v) is 7.86. The highest BCUT2D eigenvalue weighted by Crippen LogP contribution is 2.26. The van der Waals surface area contributed by atoms with E-state index < -0.39 is 0 Å². The smallest absolute Gasteiger partial charge is 0.173 e. The molecule has 140 valence electrons. The van der Waals surface area contributed by atoms with E-state index in [2.05, 4.69) is 5.16 Å². The molecule has 4 nitrogen and oxygen atoms in total. The van der Waals surface area contributed by atoms with Gasteiger partial charge in [0.15, 0.2) is 5.78 Å². The van der Waals surface area contributed by atoms with Crippen molar-refractivity contribution in [2.45, 2.75) is 12.8 Å². The highest BCUT2D eigenvalue weighted by molar-refractivity contribution is 7.18. The van der Waals surface area contributed by atoms with Crippen molar-refractivity contribution in [2.75, 3.05) is 0 Å². The number of ketones is 1. The Hall–Kier alpha value is -2.89. The Bertz CT molecular complexity index is 1070. The lowest BCUT2D eigenvalue weighted by molar-refractivity contribution is 0.0984. The van der Waals surface area contributed by atoms with Gasteiger partial charge in [-0.2, -0.15) is 0 Å². The quantitative estimate of drug-likeness (QED) is 0.320. The van der Waals surface area contributed by atoms with E-state index in [0.29, 0.717) is 27.8 Å². The van der Waals surface area contributed by atoms with Crippen LogP contribution >= 0.6 is 22.9 Å². The molecule has 28 heavy (non-hydrogen) atoms. The molecule has 0 atom stereocenters. The number of hydrogen-bond donors (Lipinski definition) is 0. The molecular formula is C22H16ClNO3S. The summed E-state index contributed by atoms with van der Waals surface area (Å²) in [6.45, 7) is 0. The van der Waals surface area contributed by atoms with E-state index in [4.69, 9.17) is 20.9 Å². The van der Waals surface area contributed by atoms with Crippen LogP contribution in [0, 0.1) is 0 Å². The monoisotopic (exact) mass is 409 g/mol.